The summed E-state index contributed by atoms with van der Waals surface area (Å²) in [6.07, 6.45) is 4.48. The van der Waals surface area contributed by atoms with Crippen LogP contribution in [0.15, 0.2) is 83.3 Å². The van der Waals surface area contributed by atoms with Gasteiger partial charge >= 0.3 is 0 Å². The van der Waals surface area contributed by atoms with Gasteiger partial charge in [0.25, 0.3) is 0 Å². The number of rotatable bonds is 4. The van der Waals surface area contributed by atoms with Crippen molar-refractivity contribution in [3.63, 3.8) is 0 Å². The molecule has 25 heavy (non-hydrogen) atoms. The summed E-state index contributed by atoms with van der Waals surface area (Å²) in [7, 11) is 0. The minimum Gasteiger partial charge on any atom is -0.489 e. The van der Waals surface area contributed by atoms with Crippen LogP contribution in [0.3, 0.4) is 0 Å². The molecule has 1 aliphatic rings. The Morgan fingerprint density at radius 3 is 2.48 bits per heavy atom. The maximum absolute atomic E-state index is 5.99. The predicted molar refractivity (Wildman–Crippen MR) is 107 cm³/mol. The second kappa shape index (κ2) is 7.28. The minimum atomic E-state index is 0.606. The first kappa shape index (κ1) is 16.2. The first-order chi connectivity index (χ1) is 12.3. The lowest BCUT2D eigenvalue weighted by atomic mass is 9.87. The molecule has 0 N–H and O–H groups in total. The van der Waals surface area contributed by atoms with Crippen molar-refractivity contribution in [1.82, 2.24) is 0 Å². The van der Waals surface area contributed by atoms with Crippen molar-refractivity contribution < 1.29 is 4.74 Å². The Labute approximate surface area is 157 Å². The lowest BCUT2D eigenvalue weighted by Crippen LogP contribution is -2.02. The van der Waals surface area contributed by atoms with Crippen molar-refractivity contribution >= 4 is 21.5 Å². The number of ether oxygens (including phenoxy) is 1. The number of halogens is 1. The Morgan fingerprint density at radius 2 is 1.68 bits per heavy atom. The van der Waals surface area contributed by atoms with E-state index < -0.39 is 0 Å². The van der Waals surface area contributed by atoms with Crippen LogP contribution in [-0.2, 0) is 13.0 Å². The fraction of sp³-hybridized carbons (Fsp3) is 0.130. The molecule has 0 saturated carbocycles. The van der Waals surface area contributed by atoms with E-state index in [2.05, 4.69) is 76.6 Å². The van der Waals surface area contributed by atoms with E-state index in [0.29, 0.717) is 6.61 Å². The number of hydrogen-bond acceptors (Lipinski definition) is 1. The zero-order valence-corrected chi connectivity index (χ0v) is 15.5. The second-order valence-corrected chi connectivity index (χ2v) is 7.17. The zero-order chi connectivity index (χ0) is 17.1. The fourth-order valence-electron chi connectivity index (χ4n) is 3.26. The molecule has 0 aliphatic heterocycles. The zero-order valence-electron chi connectivity index (χ0n) is 13.9. The number of benzene rings is 3. The fourth-order valence-corrected chi connectivity index (χ4v) is 3.52. The lowest BCUT2D eigenvalue weighted by Gasteiger charge is -2.19. The van der Waals surface area contributed by atoms with Crippen molar-refractivity contribution in [3.05, 3.63) is 106 Å². The van der Waals surface area contributed by atoms with Gasteiger partial charge in [-0.1, -0.05) is 70.5 Å². The Hall–Kier alpha value is -2.32. The standard InChI is InChI=1S/C23H19BrO/c24-20-11-9-18(10-12-20)22-8-4-7-19-15-21(13-14-23(19)22)25-16-17-5-2-1-3-6-17/h1-3,5-6,8-15H,4,7,16H2. The minimum absolute atomic E-state index is 0.606. The average Bonchev–Trinajstić information content (AvgIpc) is 2.67. The Bertz CT molecular complexity index is 895. The molecule has 1 aliphatic carbocycles. The van der Waals surface area contributed by atoms with E-state index in [1.807, 2.05) is 18.2 Å². The van der Waals surface area contributed by atoms with E-state index in [1.165, 1.54) is 27.8 Å². The molecule has 0 fully saturated rings. The van der Waals surface area contributed by atoms with E-state index in [4.69, 9.17) is 4.74 Å². The third-order valence-electron chi connectivity index (χ3n) is 4.53. The molecule has 4 rings (SSSR count). The van der Waals surface area contributed by atoms with Gasteiger partial charge in [-0.15, -0.1) is 0 Å². The molecule has 0 radical (unpaired) electrons. The van der Waals surface area contributed by atoms with Crippen LogP contribution in [0.2, 0.25) is 0 Å². The molecule has 0 saturated heterocycles. The van der Waals surface area contributed by atoms with Crippen LogP contribution in [0.1, 0.15) is 28.7 Å². The highest BCUT2D eigenvalue weighted by Gasteiger charge is 2.15. The molecule has 0 heterocycles. The van der Waals surface area contributed by atoms with Crippen LogP contribution in [-0.4, -0.2) is 0 Å². The summed E-state index contributed by atoms with van der Waals surface area (Å²) in [6, 6.07) is 25.3. The number of allylic oxidation sites excluding steroid dienone is 1. The summed E-state index contributed by atoms with van der Waals surface area (Å²) in [6.45, 7) is 0.606. The molecule has 124 valence electrons. The van der Waals surface area contributed by atoms with Gasteiger partial charge in [0.2, 0.25) is 0 Å². The van der Waals surface area contributed by atoms with E-state index in [0.717, 1.165) is 23.1 Å². The van der Waals surface area contributed by atoms with Gasteiger partial charge in [0.15, 0.2) is 0 Å². The summed E-state index contributed by atoms with van der Waals surface area (Å²) >= 11 is 3.51. The summed E-state index contributed by atoms with van der Waals surface area (Å²) in [5, 5.41) is 0. The molecular formula is C23H19BrO. The monoisotopic (exact) mass is 390 g/mol. The van der Waals surface area contributed by atoms with Crippen LogP contribution in [0.5, 0.6) is 5.75 Å². The largest absolute Gasteiger partial charge is 0.489 e. The number of aryl methyl sites for hydroxylation is 1. The van der Waals surface area contributed by atoms with Gasteiger partial charge < -0.3 is 4.74 Å². The van der Waals surface area contributed by atoms with Crippen LogP contribution < -0.4 is 4.74 Å². The first-order valence-electron chi connectivity index (χ1n) is 8.56. The third-order valence-corrected chi connectivity index (χ3v) is 5.06. The Kier molecular flexibility index (Phi) is 4.71. The highest BCUT2D eigenvalue weighted by atomic mass is 79.9. The van der Waals surface area contributed by atoms with Crippen LogP contribution in [0.4, 0.5) is 0 Å². The topological polar surface area (TPSA) is 9.23 Å². The van der Waals surface area contributed by atoms with Gasteiger partial charge in [0.1, 0.15) is 12.4 Å². The maximum Gasteiger partial charge on any atom is 0.120 e. The summed E-state index contributed by atoms with van der Waals surface area (Å²) in [5.41, 5.74) is 6.47. The summed E-state index contributed by atoms with van der Waals surface area (Å²) < 4.78 is 7.10. The Morgan fingerprint density at radius 1 is 0.880 bits per heavy atom. The molecule has 3 aromatic rings. The molecular weight excluding hydrogens is 372 g/mol. The molecule has 0 unspecified atom stereocenters. The highest BCUT2D eigenvalue weighted by Crippen LogP contribution is 2.34. The van der Waals surface area contributed by atoms with Crippen LogP contribution >= 0.6 is 15.9 Å². The smallest absolute Gasteiger partial charge is 0.120 e. The molecule has 0 aromatic heterocycles. The quantitative estimate of drug-likeness (QED) is 0.500. The van der Waals surface area contributed by atoms with Crippen molar-refractivity contribution in [3.8, 4) is 5.75 Å². The molecule has 3 aromatic carbocycles. The lowest BCUT2D eigenvalue weighted by molar-refractivity contribution is 0.306. The van der Waals surface area contributed by atoms with Gasteiger partial charge in [-0.25, -0.2) is 0 Å². The molecule has 0 atom stereocenters. The van der Waals surface area contributed by atoms with Crippen molar-refractivity contribution in [1.29, 1.82) is 0 Å². The maximum atomic E-state index is 5.99. The van der Waals surface area contributed by atoms with Gasteiger partial charge in [0.05, 0.1) is 0 Å². The van der Waals surface area contributed by atoms with Gasteiger partial charge in [0, 0.05) is 4.47 Å². The first-order valence-corrected chi connectivity index (χ1v) is 9.35. The predicted octanol–water partition coefficient (Wildman–Crippen LogP) is 6.41. The van der Waals surface area contributed by atoms with Gasteiger partial charge in [-0.05, 0) is 64.9 Å². The van der Waals surface area contributed by atoms with E-state index in [-0.39, 0.29) is 0 Å². The summed E-state index contributed by atoms with van der Waals surface area (Å²) in [4.78, 5) is 0. The number of fused-ring (bicyclic) bond motifs is 1. The van der Waals surface area contributed by atoms with Gasteiger partial charge in [-0.2, -0.15) is 0 Å². The second-order valence-electron chi connectivity index (χ2n) is 6.26. The SMILES string of the molecule is Brc1ccc(C2=CCCc3cc(OCc4ccccc4)ccc32)cc1. The molecule has 1 nitrogen and oxygen atoms in total. The van der Waals surface area contributed by atoms with Gasteiger partial charge in [-0.3, -0.25) is 0 Å². The van der Waals surface area contributed by atoms with Crippen molar-refractivity contribution in [2.75, 3.05) is 0 Å². The number of hydrogen-bond donors (Lipinski definition) is 0. The normalized spacial score (nSPS) is 13.1. The summed E-state index contributed by atoms with van der Waals surface area (Å²) in [5.74, 6) is 0.944. The van der Waals surface area contributed by atoms with E-state index in [1.54, 1.807) is 0 Å². The Balaban J connectivity index is 1.56. The van der Waals surface area contributed by atoms with Crippen molar-refractivity contribution in [2.24, 2.45) is 0 Å². The van der Waals surface area contributed by atoms with Crippen molar-refractivity contribution in [2.45, 2.75) is 19.4 Å². The molecule has 2 heteroatoms. The molecule has 0 bridgehead atoms. The third kappa shape index (κ3) is 3.69. The highest BCUT2D eigenvalue weighted by molar-refractivity contribution is 9.10. The van der Waals surface area contributed by atoms with Crippen LogP contribution in [0.25, 0.3) is 5.57 Å². The molecule has 0 amide bonds. The van der Waals surface area contributed by atoms with E-state index >= 15 is 0 Å². The average molecular weight is 391 g/mol. The van der Waals surface area contributed by atoms with E-state index in [9.17, 15) is 0 Å². The van der Waals surface area contributed by atoms with Crippen LogP contribution in [0, 0.1) is 0 Å². The molecule has 0 spiro atoms.